The fourth-order valence-electron chi connectivity index (χ4n) is 2.21. The molecule has 102 valence electrons. The van der Waals surface area contributed by atoms with Gasteiger partial charge in [0.1, 0.15) is 6.61 Å². The fourth-order valence-corrected chi connectivity index (χ4v) is 2.21. The lowest BCUT2D eigenvalue weighted by molar-refractivity contribution is 0.0689. The van der Waals surface area contributed by atoms with E-state index in [1.807, 2.05) is 24.3 Å². The Morgan fingerprint density at radius 2 is 2.10 bits per heavy atom. The van der Waals surface area contributed by atoms with Crippen LogP contribution >= 0.6 is 0 Å². The quantitative estimate of drug-likeness (QED) is 0.919. The predicted molar refractivity (Wildman–Crippen MR) is 73.0 cm³/mol. The third-order valence-electron chi connectivity index (χ3n) is 3.12. The van der Waals surface area contributed by atoms with Crippen molar-refractivity contribution in [3.05, 3.63) is 41.6 Å². The van der Waals surface area contributed by atoms with Crippen LogP contribution in [0.2, 0.25) is 0 Å². The summed E-state index contributed by atoms with van der Waals surface area (Å²) in [5.74, 6) is -0.447. The van der Waals surface area contributed by atoms with Crippen LogP contribution in [0.3, 0.4) is 0 Å². The second-order valence-corrected chi connectivity index (χ2v) is 4.42. The van der Waals surface area contributed by atoms with E-state index in [2.05, 4.69) is 10.1 Å². The number of carboxylic acid groups (broad SMARTS) is 1. The molecule has 0 fully saturated rings. The number of rotatable bonds is 3. The minimum atomic E-state index is -1.04. The Labute approximate surface area is 115 Å². The molecule has 0 atom stereocenters. The van der Waals surface area contributed by atoms with E-state index in [0.29, 0.717) is 19.0 Å². The second-order valence-electron chi connectivity index (χ2n) is 4.42. The highest BCUT2D eigenvalue weighted by atomic mass is 16.5. The summed E-state index contributed by atoms with van der Waals surface area (Å²) >= 11 is 0. The SMILES string of the molecule is Cn1nc(C(=O)O)cc1-c1ccccc1C1=NCCO1. The molecule has 0 saturated heterocycles. The number of aromatic carboxylic acids is 1. The molecule has 1 aromatic carbocycles. The van der Waals surface area contributed by atoms with Gasteiger partial charge in [-0.2, -0.15) is 5.10 Å². The van der Waals surface area contributed by atoms with Crippen molar-refractivity contribution in [1.82, 2.24) is 9.78 Å². The highest BCUT2D eigenvalue weighted by Gasteiger charge is 2.19. The Morgan fingerprint density at radius 1 is 1.35 bits per heavy atom. The second kappa shape index (κ2) is 4.80. The molecule has 0 saturated carbocycles. The van der Waals surface area contributed by atoms with Crippen molar-refractivity contribution in [2.45, 2.75) is 0 Å². The van der Waals surface area contributed by atoms with Gasteiger partial charge in [-0.25, -0.2) is 9.79 Å². The first kappa shape index (κ1) is 12.4. The summed E-state index contributed by atoms with van der Waals surface area (Å²) in [6.45, 7) is 1.23. The number of aromatic nitrogens is 2. The van der Waals surface area contributed by atoms with E-state index >= 15 is 0 Å². The zero-order chi connectivity index (χ0) is 14.1. The first-order valence-corrected chi connectivity index (χ1v) is 6.21. The Bertz CT molecular complexity index is 703. The van der Waals surface area contributed by atoms with Gasteiger partial charge in [-0.1, -0.05) is 18.2 Å². The minimum Gasteiger partial charge on any atom is -0.476 e. The van der Waals surface area contributed by atoms with Crippen LogP contribution in [-0.4, -0.2) is 39.9 Å². The normalized spacial score (nSPS) is 13.9. The fraction of sp³-hybridized carbons (Fsp3) is 0.214. The van der Waals surface area contributed by atoms with Crippen molar-refractivity contribution in [2.75, 3.05) is 13.2 Å². The van der Waals surface area contributed by atoms with Crippen LogP contribution in [0.5, 0.6) is 0 Å². The van der Waals surface area contributed by atoms with Gasteiger partial charge in [0.2, 0.25) is 5.90 Å². The number of aryl methyl sites for hydroxylation is 1. The molecule has 1 N–H and O–H groups in total. The molecule has 0 amide bonds. The predicted octanol–water partition coefficient (Wildman–Crippen LogP) is 1.56. The van der Waals surface area contributed by atoms with Gasteiger partial charge in [0, 0.05) is 18.2 Å². The molecule has 1 aliphatic heterocycles. The Balaban J connectivity index is 2.13. The van der Waals surface area contributed by atoms with Gasteiger partial charge in [0.15, 0.2) is 5.69 Å². The average Bonchev–Trinajstić information content (AvgIpc) is 3.08. The van der Waals surface area contributed by atoms with Gasteiger partial charge in [-0.15, -0.1) is 0 Å². The van der Waals surface area contributed by atoms with Crippen LogP contribution in [0.15, 0.2) is 35.3 Å². The van der Waals surface area contributed by atoms with E-state index in [1.165, 1.54) is 0 Å². The average molecular weight is 271 g/mol. The molecule has 6 heteroatoms. The van der Waals surface area contributed by atoms with E-state index in [-0.39, 0.29) is 5.69 Å². The number of aliphatic imine (C=N–C) groups is 1. The van der Waals surface area contributed by atoms with Crippen molar-refractivity contribution in [3.63, 3.8) is 0 Å². The van der Waals surface area contributed by atoms with E-state index in [1.54, 1.807) is 17.8 Å². The molecule has 0 aliphatic carbocycles. The van der Waals surface area contributed by atoms with Crippen molar-refractivity contribution < 1.29 is 14.6 Å². The highest BCUT2D eigenvalue weighted by molar-refractivity contribution is 6.01. The van der Waals surface area contributed by atoms with E-state index < -0.39 is 5.97 Å². The van der Waals surface area contributed by atoms with Crippen molar-refractivity contribution in [3.8, 4) is 11.3 Å². The zero-order valence-electron chi connectivity index (χ0n) is 10.9. The Hall–Kier alpha value is -2.63. The summed E-state index contributed by atoms with van der Waals surface area (Å²) in [6.07, 6.45) is 0. The number of carbonyl (C=O) groups is 1. The molecule has 3 rings (SSSR count). The van der Waals surface area contributed by atoms with Gasteiger partial charge in [-0.05, 0) is 12.1 Å². The lowest BCUT2D eigenvalue weighted by Gasteiger charge is -2.09. The summed E-state index contributed by atoms with van der Waals surface area (Å²) in [4.78, 5) is 15.3. The number of carboxylic acids is 1. The molecule has 1 aromatic heterocycles. The smallest absolute Gasteiger partial charge is 0.356 e. The Kier molecular flexibility index (Phi) is 2.98. The maximum Gasteiger partial charge on any atom is 0.356 e. The van der Waals surface area contributed by atoms with Crippen LogP contribution in [0.4, 0.5) is 0 Å². The molecule has 0 unspecified atom stereocenters. The standard InChI is InChI=1S/C14H13N3O3/c1-17-12(8-11(16-17)14(18)19)9-4-2-3-5-10(9)13-15-6-7-20-13/h2-5,8H,6-7H2,1H3,(H,18,19). The van der Waals surface area contributed by atoms with E-state index in [9.17, 15) is 4.79 Å². The zero-order valence-corrected chi connectivity index (χ0v) is 10.9. The van der Waals surface area contributed by atoms with Crippen LogP contribution in [0.1, 0.15) is 16.1 Å². The third kappa shape index (κ3) is 2.05. The van der Waals surface area contributed by atoms with Crippen LogP contribution in [0, 0.1) is 0 Å². The number of ether oxygens (including phenoxy) is 1. The molecule has 6 nitrogen and oxygen atoms in total. The van der Waals surface area contributed by atoms with Crippen LogP contribution in [-0.2, 0) is 11.8 Å². The summed E-state index contributed by atoms with van der Waals surface area (Å²) in [6, 6.07) is 9.16. The summed E-state index contributed by atoms with van der Waals surface area (Å²) < 4.78 is 7.05. The third-order valence-corrected chi connectivity index (χ3v) is 3.12. The molecule has 0 spiro atoms. The highest BCUT2D eigenvalue weighted by Crippen LogP contribution is 2.26. The van der Waals surface area contributed by atoms with Gasteiger partial charge in [0.05, 0.1) is 12.2 Å². The minimum absolute atomic E-state index is 0.0200. The first-order chi connectivity index (χ1) is 9.66. The summed E-state index contributed by atoms with van der Waals surface area (Å²) in [7, 11) is 1.72. The topological polar surface area (TPSA) is 76.7 Å². The summed E-state index contributed by atoms with van der Waals surface area (Å²) in [5.41, 5.74) is 2.45. The summed E-state index contributed by atoms with van der Waals surface area (Å²) in [5, 5.41) is 13.0. The van der Waals surface area contributed by atoms with E-state index in [0.717, 1.165) is 16.8 Å². The molecule has 1 aliphatic rings. The number of hydrogen-bond acceptors (Lipinski definition) is 4. The van der Waals surface area contributed by atoms with Crippen molar-refractivity contribution in [1.29, 1.82) is 0 Å². The van der Waals surface area contributed by atoms with Crippen molar-refractivity contribution in [2.24, 2.45) is 12.0 Å². The van der Waals surface area contributed by atoms with E-state index in [4.69, 9.17) is 9.84 Å². The maximum absolute atomic E-state index is 11.0. The van der Waals surface area contributed by atoms with Crippen molar-refractivity contribution >= 4 is 11.9 Å². The molecular formula is C14H13N3O3. The Morgan fingerprint density at radius 3 is 2.70 bits per heavy atom. The molecule has 2 heterocycles. The molecule has 0 bridgehead atoms. The maximum atomic E-state index is 11.0. The van der Waals surface area contributed by atoms with Crippen LogP contribution < -0.4 is 0 Å². The number of nitrogens with zero attached hydrogens (tertiary/aromatic N) is 3. The van der Waals surface area contributed by atoms with Crippen LogP contribution in [0.25, 0.3) is 11.3 Å². The van der Waals surface area contributed by atoms with Gasteiger partial charge >= 0.3 is 5.97 Å². The molecule has 0 radical (unpaired) electrons. The lowest BCUT2D eigenvalue weighted by atomic mass is 10.0. The number of hydrogen-bond donors (Lipinski definition) is 1. The molecule has 20 heavy (non-hydrogen) atoms. The first-order valence-electron chi connectivity index (χ1n) is 6.21. The lowest BCUT2D eigenvalue weighted by Crippen LogP contribution is -2.05. The molecular weight excluding hydrogens is 258 g/mol. The van der Waals surface area contributed by atoms with Gasteiger partial charge in [0.25, 0.3) is 0 Å². The molecule has 2 aromatic rings. The number of benzene rings is 1. The monoisotopic (exact) mass is 271 g/mol. The van der Waals surface area contributed by atoms with Gasteiger partial charge < -0.3 is 9.84 Å². The van der Waals surface area contributed by atoms with Gasteiger partial charge in [-0.3, -0.25) is 4.68 Å². The largest absolute Gasteiger partial charge is 0.476 e.